The van der Waals surface area contributed by atoms with Crippen LogP contribution in [0, 0.1) is 5.92 Å². The minimum absolute atomic E-state index is 0.0661. The summed E-state index contributed by atoms with van der Waals surface area (Å²) in [6, 6.07) is 9.87. The molecule has 2 atom stereocenters. The van der Waals surface area contributed by atoms with Crippen molar-refractivity contribution in [1.29, 1.82) is 0 Å². The van der Waals surface area contributed by atoms with Crippen LogP contribution in [-0.2, 0) is 0 Å². The van der Waals surface area contributed by atoms with Crippen molar-refractivity contribution in [2.45, 2.75) is 31.7 Å². The Balaban J connectivity index is 1.97. The van der Waals surface area contributed by atoms with Crippen molar-refractivity contribution in [1.82, 2.24) is 4.98 Å². The summed E-state index contributed by atoms with van der Waals surface area (Å²) in [6.45, 7) is 0. The molecule has 0 saturated heterocycles. The highest BCUT2D eigenvalue weighted by Crippen LogP contribution is 2.28. The molecule has 19 heavy (non-hydrogen) atoms. The van der Waals surface area contributed by atoms with E-state index in [4.69, 9.17) is 5.73 Å². The molecule has 1 aromatic carbocycles. The molecule has 0 spiro atoms. The van der Waals surface area contributed by atoms with Crippen LogP contribution in [0.25, 0.3) is 10.9 Å². The third-order valence-electron chi connectivity index (χ3n) is 3.98. The van der Waals surface area contributed by atoms with Crippen LogP contribution in [-0.4, -0.2) is 16.8 Å². The van der Waals surface area contributed by atoms with Crippen molar-refractivity contribution in [3.8, 4) is 0 Å². The number of carbonyl (C=O) groups excluding carboxylic acids is 1. The van der Waals surface area contributed by atoms with Crippen LogP contribution in [0.4, 0.5) is 0 Å². The molecule has 2 aromatic rings. The SMILES string of the molecule is NC1CCCC(C(=O)c2cccc3cccnc23)C1. The maximum atomic E-state index is 12.7. The summed E-state index contributed by atoms with van der Waals surface area (Å²) in [7, 11) is 0. The first-order valence-corrected chi connectivity index (χ1v) is 6.89. The lowest BCUT2D eigenvalue weighted by molar-refractivity contribution is 0.0883. The van der Waals surface area contributed by atoms with E-state index in [1.165, 1.54) is 0 Å². The molecule has 3 heteroatoms. The number of para-hydroxylation sites is 1. The van der Waals surface area contributed by atoms with Gasteiger partial charge in [-0.3, -0.25) is 9.78 Å². The van der Waals surface area contributed by atoms with Gasteiger partial charge in [0.15, 0.2) is 5.78 Å². The van der Waals surface area contributed by atoms with Crippen LogP contribution in [0.1, 0.15) is 36.0 Å². The molecule has 0 amide bonds. The molecule has 0 bridgehead atoms. The maximum Gasteiger partial charge on any atom is 0.168 e. The third-order valence-corrected chi connectivity index (χ3v) is 3.98. The lowest BCUT2D eigenvalue weighted by Crippen LogP contribution is -2.31. The van der Waals surface area contributed by atoms with E-state index in [1.807, 2.05) is 30.3 Å². The summed E-state index contributed by atoms with van der Waals surface area (Å²) in [5, 5.41) is 1.02. The first-order valence-electron chi connectivity index (χ1n) is 6.89. The van der Waals surface area contributed by atoms with Crippen molar-refractivity contribution in [3.63, 3.8) is 0 Å². The number of fused-ring (bicyclic) bond motifs is 1. The van der Waals surface area contributed by atoms with Gasteiger partial charge in [-0.25, -0.2) is 0 Å². The van der Waals surface area contributed by atoms with Gasteiger partial charge < -0.3 is 5.73 Å². The van der Waals surface area contributed by atoms with Gasteiger partial charge in [-0.2, -0.15) is 0 Å². The van der Waals surface area contributed by atoms with Gasteiger partial charge in [0.2, 0.25) is 0 Å². The number of nitrogens with two attached hydrogens (primary N) is 1. The summed E-state index contributed by atoms with van der Waals surface area (Å²) in [6.07, 6.45) is 5.59. The molecule has 1 aliphatic rings. The summed E-state index contributed by atoms with van der Waals surface area (Å²) in [4.78, 5) is 17.0. The zero-order valence-electron chi connectivity index (χ0n) is 10.9. The van der Waals surface area contributed by atoms with E-state index >= 15 is 0 Å². The van der Waals surface area contributed by atoms with E-state index in [-0.39, 0.29) is 17.7 Å². The van der Waals surface area contributed by atoms with Gasteiger partial charge in [0.25, 0.3) is 0 Å². The highest BCUT2D eigenvalue weighted by atomic mass is 16.1. The fraction of sp³-hybridized carbons (Fsp3) is 0.375. The zero-order valence-corrected chi connectivity index (χ0v) is 10.9. The second kappa shape index (κ2) is 5.10. The topological polar surface area (TPSA) is 56.0 Å². The fourth-order valence-electron chi connectivity index (χ4n) is 2.99. The Labute approximate surface area is 112 Å². The van der Waals surface area contributed by atoms with Crippen molar-refractivity contribution in [3.05, 3.63) is 42.1 Å². The van der Waals surface area contributed by atoms with Gasteiger partial charge in [0, 0.05) is 29.1 Å². The lowest BCUT2D eigenvalue weighted by Gasteiger charge is -2.25. The molecule has 0 radical (unpaired) electrons. The summed E-state index contributed by atoms with van der Waals surface area (Å²) in [5.41, 5.74) is 7.55. The Bertz CT molecular complexity index is 603. The molecular weight excluding hydrogens is 236 g/mol. The second-order valence-corrected chi connectivity index (χ2v) is 5.37. The highest BCUT2D eigenvalue weighted by molar-refractivity contribution is 6.07. The molecule has 1 aromatic heterocycles. The van der Waals surface area contributed by atoms with E-state index < -0.39 is 0 Å². The first-order chi connectivity index (χ1) is 9.25. The van der Waals surface area contributed by atoms with E-state index in [0.29, 0.717) is 0 Å². The van der Waals surface area contributed by atoms with Crippen molar-refractivity contribution >= 4 is 16.7 Å². The van der Waals surface area contributed by atoms with Crippen molar-refractivity contribution < 1.29 is 4.79 Å². The average Bonchev–Trinajstić information content (AvgIpc) is 2.46. The van der Waals surface area contributed by atoms with Crippen LogP contribution in [0.2, 0.25) is 0 Å². The van der Waals surface area contributed by atoms with E-state index in [0.717, 1.165) is 42.1 Å². The Morgan fingerprint density at radius 2 is 2.05 bits per heavy atom. The molecule has 1 fully saturated rings. The Morgan fingerprint density at radius 3 is 2.89 bits per heavy atom. The minimum atomic E-state index is 0.0661. The number of hydrogen-bond donors (Lipinski definition) is 1. The standard InChI is InChI=1S/C16H18N2O/c17-13-7-1-5-12(10-13)16(19)14-8-2-4-11-6-3-9-18-15(11)14/h2-4,6,8-9,12-13H,1,5,7,10,17H2. The van der Waals surface area contributed by atoms with Crippen LogP contribution in [0.15, 0.2) is 36.5 Å². The molecule has 2 unspecified atom stereocenters. The van der Waals surface area contributed by atoms with Crippen molar-refractivity contribution in [2.24, 2.45) is 11.7 Å². The molecule has 1 aliphatic carbocycles. The Hall–Kier alpha value is -1.74. The summed E-state index contributed by atoms with van der Waals surface area (Å²) < 4.78 is 0. The van der Waals surface area contributed by atoms with Crippen LogP contribution < -0.4 is 5.73 Å². The van der Waals surface area contributed by atoms with E-state index in [2.05, 4.69) is 4.98 Å². The number of Topliss-reactive ketones (excluding diaryl/α,β-unsaturated/α-hetero) is 1. The minimum Gasteiger partial charge on any atom is -0.328 e. The normalized spacial score (nSPS) is 23.4. The maximum absolute atomic E-state index is 12.7. The van der Waals surface area contributed by atoms with E-state index in [1.54, 1.807) is 6.20 Å². The Morgan fingerprint density at radius 1 is 1.21 bits per heavy atom. The molecule has 3 rings (SSSR count). The number of rotatable bonds is 2. The number of hydrogen-bond acceptors (Lipinski definition) is 3. The Kier molecular flexibility index (Phi) is 3.30. The molecule has 3 nitrogen and oxygen atoms in total. The smallest absolute Gasteiger partial charge is 0.168 e. The molecule has 1 saturated carbocycles. The number of benzene rings is 1. The van der Waals surface area contributed by atoms with Gasteiger partial charge in [-0.15, -0.1) is 0 Å². The number of pyridine rings is 1. The highest BCUT2D eigenvalue weighted by Gasteiger charge is 2.27. The summed E-state index contributed by atoms with van der Waals surface area (Å²) in [5.74, 6) is 0.274. The van der Waals surface area contributed by atoms with Crippen LogP contribution >= 0.6 is 0 Å². The predicted octanol–water partition coefficient (Wildman–Crippen LogP) is 2.94. The predicted molar refractivity (Wildman–Crippen MR) is 76.0 cm³/mol. The van der Waals surface area contributed by atoms with Gasteiger partial charge in [0.1, 0.15) is 0 Å². The fourth-order valence-corrected chi connectivity index (χ4v) is 2.99. The first kappa shape index (κ1) is 12.3. The van der Waals surface area contributed by atoms with Crippen LogP contribution in [0.5, 0.6) is 0 Å². The number of nitrogens with zero attached hydrogens (tertiary/aromatic N) is 1. The summed E-state index contributed by atoms with van der Waals surface area (Å²) >= 11 is 0. The molecule has 98 valence electrons. The second-order valence-electron chi connectivity index (χ2n) is 5.37. The molecular formula is C16H18N2O. The molecule has 2 N–H and O–H groups in total. The number of ketones is 1. The third kappa shape index (κ3) is 2.38. The van der Waals surface area contributed by atoms with Gasteiger partial charge >= 0.3 is 0 Å². The quantitative estimate of drug-likeness (QED) is 0.838. The van der Waals surface area contributed by atoms with Crippen LogP contribution in [0.3, 0.4) is 0 Å². The lowest BCUT2D eigenvalue weighted by atomic mass is 9.81. The van der Waals surface area contributed by atoms with Gasteiger partial charge in [-0.05, 0) is 31.4 Å². The largest absolute Gasteiger partial charge is 0.328 e. The van der Waals surface area contributed by atoms with Gasteiger partial charge in [0.05, 0.1) is 5.52 Å². The average molecular weight is 254 g/mol. The monoisotopic (exact) mass is 254 g/mol. The van der Waals surface area contributed by atoms with E-state index in [9.17, 15) is 4.79 Å². The molecule has 1 heterocycles. The number of aromatic nitrogens is 1. The van der Waals surface area contributed by atoms with Crippen molar-refractivity contribution in [2.75, 3.05) is 0 Å². The molecule has 0 aliphatic heterocycles. The van der Waals surface area contributed by atoms with Gasteiger partial charge in [-0.1, -0.05) is 24.6 Å². The number of carbonyl (C=O) groups is 1. The zero-order chi connectivity index (χ0) is 13.2.